The molecule has 0 spiro atoms. The van der Waals surface area contributed by atoms with Gasteiger partial charge in [0.1, 0.15) is 5.82 Å². The molecule has 0 unspecified atom stereocenters. The molecule has 1 saturated carbocycles. The molecule has 9 heteroatoms. The van der Waals surface area contributed by atoms with Crippen molar-refractivity contribution >= 4 is 15.9 Å². The summed E-state index contributed by atoms with van der Waals surface area (Å²) >= 11 is 0. The van der Waals surface area contributed by atoms with Crippen molar-refractivity contribution in [1.29, 1.82) is 0 Å². The minimum Gasteiger partial charge on any atom is -0.493 e. The average Bonchev–Trinajstić information content (AvgIpc) is 3.27. The van der Waals surface area contributed by atoms with E-state index in [4.69, 9.17) is 9.47 Å². The van der Waals surface area contributed by atoms with Gasteiger partial charge in [0.15, 0.2) is 11.5 Å². The molecule has 1 amide bonds. The largest absolute Gasteiger partial charge is 0.493 e. The molecular formula is C23H29FN2O5S. The Kier molecular flexibility index (Phi) is 7.73. The summed E-state index contributed by atoms with van der Waals surface area (Å²) in [7, 11) is -0.912. The van der Waals surface area contributed by atoms with Crippen LogP contribution in [0.1, 0.15) is 37.7 Å². The summed E-state index contributed by atoms with van der Waals surface area (Å²) in [5.41, 5.74) is 0.813. The third kappa shape index (κ3) is 5.58. The first-order valence-corrected chi connectivity index (χ1v) is 12.0. The van der Waals surface area contributed by atoms with Crippen molar-refractivity contribution in [3.63, 3.8) is 0 Å². The van der Waals surface area contributed by atoms with Gasteiger partial charge in [-0.25, -0.2) is 17.5 Å². The number of rotatable bonds is 10. The van der Waals surface area contributed by atoms with Crippen molar-refractivity contribution in [2.24, 2.45) is 0 Å². The number of methoxy groups -OCH3 is 2. The summed E-state index contributed by atoms with van der Waals surface area (Å²) in [6.07, 6.45) is 3.96. The smallest absolute Gasteiger partial charge is 0.240 e. The van der Waals surface area contributed by atoms with E-state index < -0.39 is 10.0 Å². The monoisotopic (exact) mass is 464 g/mol. The van der Waals surface area contributed by atoms with E-state index in [1.165, 1.54) is 44.6 Å². The van der Waals surface area contributed by atoms with Crippen LogP contribution in [0.2, 0.25) is 0 Å². The highest BCUT2D eigenvalue weighted by atomic mass is 32.2. The number of ether oxygens (including phenoxy) is 2. The Morgan fingerprint density at radius 3 is 2.31 bits per heavy atom. The van der Waals surface area contributed by atoms with Crippen molar-refractivity contribution in [3.8, 4) is 11.5 Å². The fraction of sp³-hybridized carbons (Fsp3) is 0.435. The van der Waals surface area contributed by atoms with Gasteiger partial charge in [0, 0.05) is 31.0 Å². The molecule has 0 bridgehead atoms. The number of amides is 1. The summed E-state index contributed by atoms with van der Waals surface area (Å²) in [6.45, 7) is 0.409. The Labute approximate surface area is 188 Å². The molecule has 0 saturated heterocycles. The van der Waals surface area contributed by atoms with Gasteiger partial charge in [0.2, 0.25) is 15.9 Å². The second kappa shape index (κ2) is 10.3. The lowest BCUT2D eigenvalue weighted by Crippen LogP contribution is -2.40. The van der Waals surface area contributed by atoms with Gasteiger partial charge in [-0.1, -0.05) is 25.0 Å². The van der Waals surface area contributed by atoms with Crippen molar-refractivity contribution < 1.29 is 27.1 Å². The molecule has 1 aliphatic carbocycles. The van der Waals surface area contributed by atoms with Gasteiger partial charge in [-0.05, 0) is 42.7 Å². The molecule has 0 aliphatic heterocycles. The minimum absolute atomic E-state index is 0.00597. The highest BCUT2D eigenvalue weighted by Gasteiger charge is 2.35. The van der Waals surface area contributed by atoms with E-state index in [9.17, 15) is 17.6 Å². The summed E-state index contributed by atoms with van der Waals surface area (Å²) in [5, 5.41) is 2.93. The van der Waals surface area contributed by atoms with Crippen LogP contribution in [0.4, 0.5) is 4.39 Å². The first-order valence-electron chi connectivity index (χ1n) is 10.5. The van der Waals surface area contributed by atoms with Crippen LogP contribution in [0, 0.1) is 5.82 Å². The lowest BCUT2D eigenvalue weighted by atomic mass is 9.79. The van der Waals surface area contributed by atoms with Gasteiger partial charge in [0.05, 0.1) is 19.1 Å². The van der Waals surface area contributed by atoms with Crippen LogP contribution in [-0.2, 0) is 20.2 Å². The highest BCUT2D eigenvalue weighted by Crippen LogP contribution is 2.40. The predicted octanol–water partition coefficient (Wildman–Crippen LogP) is 3.14. The van der Waals surface area contributed by atoms with Crippen molar-refractivity contribution in [2.45, 2.75) is 42.4 Å². The molecule has 0 radical (unpaired) electrons. The second-order valence-electron chi connectivity index (χ2n) is 7.94. The molecule has 0 heterocycles. The lowest BCUT2D eigenvalue weighted by Gasteiger charge is -2.30. The number of nitrogens with one attached hydrogen (secondary N) is 2. The van der Waals surface area contributed by atoms with Crippen LogP contribution >= 0.6 is 0 Å². The Bertz CT molecular complexity index is 1030. The highest BCUT2D eigenvalue weighted by molar-refractivity contribution is 7.89. The first-order chi connectivity index (χ1) is 15.3. The summed E-state index contributed by atoms with van der Waals surface area (Å²) in [4.78, 5) is 12.4. The third-order valence-electron chi connectivity index (χ3n) is 5.95. The molecule has 2 aromatic rings. The maximum atomic E-state index is 13.3. The van der Waals surface area contributed by atoms with Crippen LogP contribution in [0.5, 0.6) is 11.5 Å². The van der Waals surface area contributed by atoms with Gasteiger partial charge in [-0.2, -0.15) is 0 Å². The molecule has 3 rings (SSSR count). The molecule has 0 aromatic heterocycles. The van der Waals surface area contributed by atoms with Crippen molar-refractivity contribution in [1.82, 2.24) is 10.0 Å². The van der Waals surface area contributed by atoms with E-state index in [0.29, 0.717) is 18.0 Å². The number of carbonyl (C=O) groups is 1. The Balaban J connectivity index is 1.55. The lowest BCUT2D eigenvalue weighted by molar-refractivity contribution is -0.121. The molecule has 2 aromatic carbocycles. The summed E-state index contributed by atoms with van der Waals surface area (Å²) < 4.78 is 51.1. The first kappa shape index (κ1) is 24.0. The van der Waals surface area contributed by atoms with E-state index in [-0.39, 0.29) is 35.0 Å². The molecule has 2 N–H and O–H groups in total. The Morgan fingerprint density at radius 1 is 1.03 bits per heavy atom. The zero-order valence-electron chi connectivity index (χ0n) is 18.3. The minimum atomic E-state index is -3.80. The normalized spacial score (nSPS) is 15.3. The number of sulfonamides is 1. The van der Waals surface area contributed by atoms with E-state index in [1.807, 2.05) is 0 Å². The Hall–Kier alpha value is -2.65. The van der Waals surface area contributed by atoms with Gasteiger partial charge in [-0.3, -0.25) is 4.79 Å². The fourth-order valence-corrected chi connectivity index (χ4v) is 5.19. The van der Waals surface area contributed by atoms with Gasteiger partial charge < -0.3 is 14.8 Å². The number of hydrogen-bond donors (Lipinski definition) is 2. The number of benzene rings is 2. The van der Waals surface area contributed by atoms with E-state index in [2.05, 4.69) is 10.0 Å². The SMILES string of the molecule is COc1ccc(S(=O)(=O)NCCC(=O)NCC2(c3ccc(F)cc3)CCCC2)cc1OC. The van der Waals surface area contributed by atoms with Crippen LogP contribution in [0.15, 0.2) is 47.4 Å². The van der Waals surface area contributed by atoms with Crippen LogP contribution in [-0.4, -0.2) is 41.6 Å². The van der Waals surface area contributed by atoms with Crippen molar-refractivity contribution in [3.05, 3.63) is 53.8 Å². The summed E-state index contributed by atoms with van der Waals surface area (Å²) in [5.74, 6) is 0.199. The fourth-order valence-electron chi connectivity index (χ4n) is 4.14. The topological polar surface area (TPSA) is 93.7 Å². The van der Waals surface area contributed by atoms with E-state index in [0.717, 1.165) is 31.2 Å². The molecule has 0 atom stereocenters. The maximum absolute atomic E-state index is 13.3. The molecule has 32 heavy (non-hydrogen) atoms. The molecule has 1 aliphatic rings. The van der Waals surface area contributed by atoms with Gasteiger partial charge in [-0.15, -0.1) is 0 Å². The zero-order valence-corrected chi connectivity index (χ0v) is 19.1. The third-order valence-corrected chi connectivity index (χ3v) is 7.41. The standard InChI is InChI=1S/C23H29FN2O5S/c1-30-20-10-9-19(15-21(20)31-2)32(28,29)26-14-11-22(27)25-16-23(12-3-4-13-23)17-5-7-18(24)8-6-17/h5-10,15,26H,3-4,11-14,16H2,1-2H3,(H,25,27). The number of halogens is 1. The van der Waals surface area contributed by atoms with E-state index >= 15 is 0 Å². The van der Waals surface area contributed by atoms with Gasteiger partial charge in [0.25, 0.3) is 0 Å². The van der Waals surface area contributed by atoms with Crippen molar-refractivity contribution in [2.75, 3.05) is 27.3 Å². The average molecular weight is 465 g/mol. The maximum Gasteiger partial charge on any atom is 0.240 e. The zero-order chi connectivity index (χ0) is 23.2. The van der Waals surface area contributed by atoms with Gasteiger partial charge >= 0.3 is 0 Å². The van der Waals surface area contributed by atoms with Crippen LogP contribution in [0.3, 0.4) is 0 Å². The van der Waals surface area contributed by atoms with Crippen LogP contribution in [0.25, 0.3) is 0 Å². The molecule has 174 valence electrons. The number of carbonyl (C=O) groups excluding carboxylic acids is 1. The summed E-state index contributed by atoms with van der Waals surface area (Å²) in [6, 6.07) is 10.7. The molecule has 7 nitrogen and oxygen atoms in total. The Morgan fingerprint density at radius 2 is 1.69 bits per heavy atom. The quantitative estimate of drug-likeness (QED) is 0.564. The molecule has 1 fully saturated rings. The number of hydrogen-bond acceptors (Lipinski definition) is 5. The molecular weight excluding hydrogens is 435 g/mol. The second-order valence-corrected chi connectivity index (χ2v) is 9.70. The van der Waals surface area contributed by atoms with Crippen LogP contribution < -0.4 is 19.5 Å². The van der Waals surface area contributed by atoms with E-state index in [1.54, 1.807) is 12.1 Å². The predicted molar refractivity (Wildman–Crippen MR) is 119 cm³/mol.